The van der Waals surface area contributed by atoms with Crippen LogP contribution in [0.15, 0.2) is 48.8 Å². The van der Waals surface area contributed by atoms with Gasteiger partial charge in [-0.2, -0.15) is 0 Å². The lowest BCUT2D eigenvalue weighted by atomic mass is 10.0. The van der Waals surface area contributed by atoms with Gasteiger partial charge in [0.1, 0.15) is 0 Å². The molecule has 2 rings (SSSR count). The van der Waals surface area contributed by atoms with Crippen LogP contribution in [-0.2, 0) is 6.42 Å². The summed E-state index contributed by atoms with van der Waals surface area (Å²) < 4.78 is 0. The van der Waals surface area contributed by atoms with E-state index in [0.717, 1.165) is 12.0 Å². The molecule has 0 aliphatic carbocycles. The lowest BCUT2D eigenvalue weighted by Gasteiger charge is -2.17. The molecule has 2 aromatic rings. The largest absolute Gasteiger partial charge is 0.378 e. The van der Waals surface area contributed by atoms with E-state index in [0.29, 0.717) is 0 Å². The van der Waals surface area contributed by atoms with Gasteiger partial charge in [0.15, 0.2) is 0 Å². The number of rotatable bonds is 4. The number of aromatic nitrogens is 1. The molecular formula is C15H19N3. The molecular weight excluding hydrogens is 222 g/mol. The monoisotopic (exact) mass is 241 g/mol. The van der Waals surface area contributed by atoms with Crippen molar-refractivity contribution in [3.05, 3.63) is 59.9 Å². The van der Waals surface area contributed by atoms with Crippen LogP contribution in [0.4, 0.5) is 5.69 Å². The highest BCUT2D eigenvalue weighted by atomic mass is 15.1. The van der Waals surface area contributed by atoms with Crippen LogP contribution in [-0.4, -0.2) is 19.1 Å². The zero-order valence-electron chi connectivity index (χ0n) is 10.9. The molecule has 1 heterocycles. The average Bonchev–Trinajstić information content (AvgIpc) is 2.40. The SMILES string of the molecule is CN(C)c1cccc(C(N)Cc2cccnc2)c1. The maximum absolute atomic E-state index is 6.25. The summed E-state index contributed by atoms with van der Waals surface area (Å²) in [5.41, 5.74) is 9.75. The molecule has 1 unspecified atom stereocenters. The molecule has 0 fully saturated rings. The maximum Gasteiger partial charge on any atom is 0.0364 e. The fourth-order valence-corrected chi connectivity index (χ4v) is 1.92. The lowest BCUT2D eigenvalue weighted by Crippen LogP contribution is -2.15. The van der Waals surface area contributed by atoms with E-state index >= 15 is 0 Å². The van der Waals surface area contributed by atoms with Crippen molar-refractivity contribution in [2.75, 3.05) is 19.0 Å². The van der Waals surface area contributed by atoms with Crippen molar-refractivity contribution >= 4 is 5.69 Å². The van der Waals surface area contributed by atoms with Gasteiger partial charge in [-0.05, 0) is 35.7 Å². The predicted molar refractivity (Wildman–Crippen MR) is 75.6 cm³/mol. The summed E-state index contributed by atoms with van der Waals surface area (Å²) in [6, 6.07) is 12.4. The van der Waals surface area contributed by atoms with E-state index in [1.54, 1.807) is 6.20 Å². The summed E-state index contributed by atoms with van der Waals surface area (Å²) in [5.74, 6) is 0. The summed E-state index contributed by atoms with van der Waals surface area (Å²) in [7, 11) is 4.07. The van der Waals surface area contributed by atoms with Crippen LogP contribution in [0.3, 0.4) is 0 Å². The van der Waals surface area contributed by atoms with E-state index < -0.39 is 0 Å². The Labute approximate surface area is 108 Å². The summed E-state index contributed by atoms with van der Waals surface area (Å²) in [6.45, 7) is 0. The van der Waals surface area contributed by atoms with Crippen LogP contribution in [0.25, 0.3) is 0 Å². The lowest BCUT2D eigenvalue weighted by molar-refractivity contribution is 0.719. The van der Waals surface area contributed by atoms with Crippen LogP contribution in [0.2, 0.25) is 0 Å². The molecule has 0 radical (unpaired) electrons. The highest BCUT2D eigenvalue weighted by Gasteiger charge is 2.08. The number of pyridine rings is 1. The van der Waals surface area contributed by atoms with E-state index in [2.05, 4.69) is 34.1 Å². The Morgan fingerprint density at radius 3 is 2.72 bits per heavy atom. The van der Waals surface area contributed by atoms with Crippen molar-refractivity contribution in [1.82, 2.24) is 4.98 Å². The minimum atomic E-state index is 0.00843. The van der Waals surface area contributed by atoms with E-state index in [1.807, 2.05) is 32.4 Å². The molecule has 2 N–H and O–H groups in total. The Hall–Kier alpha value is -1.87. The van der Waals surface area contributed by atoms with Gasteiger partial charge in [0.2, 0.25) is 0 Å². The van der Waals surface area contributed by atoms with Crippen LogP contribution >= 0.6 is 0 Å². The van der Waals surface area contributed by atoms with Crippen LogP contribution in [0.5, 0.6) is 0 Å². The van der Waals surface area contributed by atoms with E-state index in [-0.39, 0.29) is 6.04 Å². The zero-order chi connectivity index (χ0) is 13.0. The van der Waals surface area contributed by atoms with Crippen molar-refractivity contribution in [3.8, 4) is 0 Å². The van der Waals surface area contributed by atoms with Gasteiger partial charge in [-0.25, -0.2) is 0 Å². The first kappa shape index (κ1) is 12.6. The maximum atomic E-state index is 6.25. The van der Waals surface area contributed by atoms with Crippen LogP contribution < -0.4 is 10.6 Å². The molecule has 0 saturated heterocycles. The second-order valence-electron chi connectivity index (χ2n) is 4.66. The number of hydrogen-bond donors (Lipinski definition) is 1. The third-order valence-electron chi connectivity index (χ3n) is 2.99. The Balaban J connectivity index is 2.14. The quantitative estimate of drug-likeness (QED) is 0.893. The Bertz CT molecular complexity index is 494. The molecule has 18 heavy (non-hydrogen) atoms. The van der Waals surface area contributed by atoms with E-state index in [9.17, 15) is 0 Å². The first-order valence-corrected chi connectivity index (χ1v) is 6.08. The fourth-order valence-electron chi connectivity index (χ4n) is 1.92. The van der Waals surface area contributed by atoms with Gasteiger partial charge in [0.05, 0.1) is 0 Å². The van der Waals surface area contributed by atoms with Gasteiger partial charge in [-0.1, -0.05) is 18.2 Å². The first-order chi connectivity index (χ1) is 8.66. The molecule has 0 aliphatic heterocycles. The van der Waals surface area contributed by atoms with Gasteiger partial charge in [0, 0.05) is 38.2 Å². The molecule has 0 aliphatic rings. The van der Waals surface area contributed by atoms with Gasteiger partial charge in [0.25, 0.3) is 0 Å². The van der Waals surface area contributed by atoms with Crippen LogP contribution in [0, 0.1) is 0 Å². The third-order valence-corrected chi connectivity index (χ3v) is 2.99. The first-order valence-electron chi connectivity index (χ1n) is 6.08. The molecule has 1 aromatic heterocycles. The van der Waals surface area contributed by atoms with Crippen molar-refractivity contribution in [3.63, 3.8) is 0 Å². The zero-order valence-corrected chi connectivity index (χ0v) is 10.9. The van der Waals surface area contributed by atoms with Crippen molar-refractivity contribution in [1.29, 1.82) is 0 Å². The number of benzene rings is 1. The second-order valence-corrected chi connectivity index (χ2v) is 4.66. The molecule has 0 spiro atoms. The van der Waals surface area contributed by atoms with Gasteiger partial charge in [-0.15, -0.1) is 0 Å². The Morgan fingerprint density at radius 1 is 1.22 bits per heavy atom. The molecule has 3 nitrogen and oxygen atoms in total. The van der Waals surface area contributed by atoms with Crippen molar-refractivity contribution in [2.45, 2.75) is 12.5 Å². The third kappa shape index (κ3) is 3.08. The number of nitrogens with zero attached hydrogens (tertiary/aromatic N) is 2. The van der Waals surface area contributed by atoms with Crippen molar-refractivity contribution in [2.24, 2.45) is 5.73 Å². The summed E-state index contributed by atoms with van der Waals surface area (Å²) >= 11 is 0. The molecule has 3 heteroatoms. The number of anilines is 1. The Morgan fingerprint density at radius 2 is 2.06 bits per heavy atom. The smallest absolute Gasteiger partial charge is 0.0364 e. The summed E-state index contributed by atoms with van der Waals surface area (Å²) in [6.07, 6.45) is 4.46. The highest BCUT2D eigenvalue weighted by molar-refractivity contribution is 5.48. The molecule has 0 bridgehead atoms. The molecule has 1 atom stereocenters. The van der Waals surface area contributed by atoms with Crippen LogP contribution in [0.1, 0.15) is 17.2 Å². The molecule has 0 amide bonds. The number of hydrogen-bond acceptors (Lipinski definition) is 3. The van der Waals surface area contributed by atoms with Gasteiger partial charge >= 0.3 is 0 Å². The topological polar surface area (TPSA) is 42.1 Å². The van der Waals surface area contributed by atoms with Gasteiger partial charge < -0.3 is 10.6 Å². The van der Waals surface area contributed by atoms with E-state index in [4.69, 9.17) is 5.73 Å². The number of nitrogens with two attached hydrogens (primary N) is 1. The molecule has 94 valence electrons. The highest BCUT2D eigenvalue weighted by Crippen LogP contribution is 2.20. The summed E-state index contributed by atoms with van der Waals surface area (Å²) in [4.78, 5) is 6.20. The molecule has 1 aromatic carbocycles. The van der Waals surface area contributed by atoms with Crippen molar-refractivity contribution < 1.29 is 0 Å². The normalized spacial score (nSPS) is 12.2. The second kappa shape index (κ2) is 5.65. The minimum absolute atomic E-state index is 0.00843. The minimum Gasteiger partial charge on any atom is -0.378 e. The standard InChI is InChI=1S/C15H19N3/c1-18(2)14-7-3-6-13(10-14)15(16)9-12-5-4-8-17-11-12/h3-8,10-11,15H,9,16H2,1-2H3. The molecule has 0 saturated carbocycles. The van der Waals surface area contributed by atoms with Gasteiger partial charge in [-0.3, -0.25) is 4.98 Å². The van der Waals surface area contributed by atoms with E-state index in [1.165, 1.54) is 11.3 Å². The predicted octanol–water partition coefficient (Wildman–Crippen LogP) is 2.39. The fraction of sp³-hybridized carbons (Fsp3) is 0.267. The Kier molecular flexibility index (Phi) is 3.95. The summed E-state index contributed by atoms with van der Waals surface area (Å²) in [5, 5.41) is 0. The average molecular weight is 241 g/mol.